The third-order valence-electron chi connectivity index (χ3n) is 7.99. The number of amides is 2. The van der Waals surface area contributed by atoms with Crippen molar-refractivity contribution < 1.29 is 9.59 Å². The highest BCUT2D eigenvalue weighted by Gasteiger charge is 2.43. The first-order valence-electron chi connectivity index (χ1n) is 13.9. The molecule has 2 N–H and O–H groups in total. The fourth-order valence-corrected chi connectivity index (χ4v) is 6.51. The summed E-state index contributed by atoms with van der Waals surface area (Å²) in [6, 6.07) is 5.52. The second-order valence-electron chi connectivity index (χ2n) is 11.4. The highest BCUT2D eigenvalue weighted by Crippen LogP contribution is 2.45. The monoisotopic (exact) mass is 591 g/mol. The van der Waals surface area contributed by atoms with Crippen molar-refractivity contribution >= 4 is 39.4 Å². The number of likely N-dealkylation sites (tertiary alicyclic amines) is 1. The van der Waals surface area contributed by atoms with Crippen molar-refractivity contribution in [3.63, 3.8) is 0 Å². The van der Waals surface area contributed by atoms with E-state index in [2.05, 4.69) is 67.8 Å². The Morgan fingerprint density at radius 1 is 1.12 bits per heavy atom. The van der Waals surface area contributed by atoms with Crippen molar-refractivity contribution in [3.05, 3.63) is 96.8 Å². The van der Waals surface area contributed by atoms with Crippen LogP contribution in [0, 0.1) is 18.3 Å². The largest absolute Gasteiger partial charge is 0.364 e. The SMILES string of the molecule is Cc1ncc(NC(=O)CN2CC3C2=CC=CC3(C)C)cc1NC(=O)c1cnn2cc(-c3cnn(-c4cccnc4)c3)sc12. The first-order valence-corrected chi connectivity index (χ1v) is 14.7. The van der Waals surface area contributed by atoms with E-state index in [0.29, 0.717) is 33.4 Å². The molecule has 216 valence electrons. The zero-order valence-electron chi connectivity index (χ0n) is 23.9. The van der Waals surface area contributed by atoms with Crippen molar-refractivity contribution in [2.75, 3.05) is 23.7 Å². The van der Waals surface area contributed by atoms with Crippen LogP contribution < -0.4 is 10.6 Å². The lowest BCUT2D eigenvalue weighted by Crippen LogP contribution is -2.53. The van der Waals surface area contributed by atoms with Crippen LogP contribution in [0.3, 0.4) is 0 Å². The summed E-state index contributed by atoms with van der Waals surface area (Å²) in [6.07, 6.45) is 18.6. The molecule has 0 radical (unpaired) electrons. The fraction of sp³-hybridized carbons (Fsp3) is 0.226. The maximum Gasteiger partial charge on any atom is 0.260 e. The number of anilines is 2. The quantitative estimate of drug-likeness (QED) is 0.275. The Morgan fingerprint density at radius 3 is 2.84 bits per heavy atom. The summed E-state index contributed by atoms with van der Waals surface area (Å²) in [5, 5.41) is 14.7. The van der Waals surface area contributed by atoms with E-state index in [9.17, 15) is 9.59 Å². The van der Waals surface area contributed by atoms with Crippen LogP contribution in [0.4, 0.5) is 11.4 Å². The average molecular weight is 592 g/mol. The van der Waals surface area contributed by atoms with Gasteiger partial charge in [-0.25, -0.2) is 9.20 Å². The summed E-state index contributed by atoms with van der Waals surface area (Å²) in [5.41, 5.74) is 5.17. The van der Waals surface area contributed by atoms with Gasteiger partial charge in [0.15, 0.2) is 0 Å². The van der Waals surface area contributed by atoms with Crippen LogP contribution >= 0.6 is 11.3 Å². The molecule has 0 bridgehead atoms. The number of pyridine rings is 2. The maximum absolute atomic E-state index is 13.4. The molecule has 1 fully saturated rings. The molecule has 2 amide bonds. The molecule has 2 aliphatic rings. The summed E-state index contributed by atoms with van der Waals surface area (Å²) < 4.78 is 3.45. The first-order chi connectivity index (χ1) is 20.7. The Kier molecular flexibility index (Phi) is 6.42. The predicted octanol–water partition coefficient (Wildman–Crippen LogP) is 4.95. The van der Waals surface area contributed by atoms with E-state index in [1.165, 1.54) is 17.0 Å². The molecule has 43 heavy (non-hydrogen) atoms. The Hall–Kier alpha value is -5.10. The van der Waals surface area contributed by atoms with Gasteiger partial charge in [-0.3, -0.25) is 19.6 Å². The molecule has 0 saturated carbocycles. The first kappa shape index (κ1) is 26.8. The molecule has 5 aromatic rings. The van der Waals surface area contributed by atoms with Crippen molar-refractivity contribution in [3.8, 4) is 16.1 Å². The van der Waals surface area contributed by atoms with Crippen molar-refractivity contribution in [2.45, 2.75) is 20.8 Å². The summed E-state index contributed by atoms with van der Waals surface area (Å²) in [6.45, 7) is 7.36. The molecule has 11 nitrogen and oxygen atoms in total. The Labute approximate surface area is 251 Å². The van der Waals surface area contributed by atoms with Crippen LogP contribution in [0.25, 0.3) is 21.0 Å². The smallest absolute Gasteiger partial charge is 0.260 e. The summed E-state index contributed by atoms with van der Waals surface area (Å²) in [5.74, 6) is -0.00672. The van der Waals surface area contributed by atoms with E-state index in [1.54, 1.807) is 46.2 Å². The molecule has 7 rings (SSSR count). The zero-order chi connectivity index (χ0) is 29.7. The molecule has 1 aliphatic heterocycles. The van der Waals surface area contributed by atoms with Crippen LogP contribution in [-0.2, 0) is 4.79 Å². The van der Waals surface area contributed by atoms with Crippen LogP contribution in [0.15, 0.2) is 85.5 Å². The number of rotatable bonds is 7. The van der Waals surface area contributed by atoms with Gasteiger partial charge in [0.25, 0.3) is 5.91 Å². The lowest BCUT2D eigenvalue weighted by Gasteiger charge is -2.51. The summed E-state index contributed by atoms with van der Waals surface area (Å²) in [7, 11) is 0. The maximum atomic E-state index is 13.4. The predicted molar refractivity (Wildman–Crippen MR) is 165 cm³/mol. The molecule has 1 unspecified atom stereocenters. The lowest BCUT2D eigenvalue weighted by molar-refractivity contribution is -0.118. The number of carbonyl (C=O) groups is 2. The van der Waals surface area contributed by atoms with Gasteiger partial charge in [0.1, 0.15) is 4.83 Å². The number of carbonyl (C=O) groups excluding carboxylic acids is 2. The van der Waals surface area contributed by atoms with Gasteiger partial charge in [-0.05, 0) is 36.6 Å². The molecule has 0 spiro atoms. The van der Waals surface area contributed by atoms with Gasteiger partial charge < -0.3 is 15.5 Å². The van der Waals surface area contributed by atoms with Crippen LogP contribution in [0.1, 0.15) is 29.9 Å². The van der Waals surface area contributed by atoms with E-state index in [4.69, 9.17) is 0 Å². The van der Waals surface area contributed by atoms with Crippen molar-refractivity contribution in [1.29, 1.82) is 0 Å². The second kappa shape index (κ2) is 10.3. The van der Waals surface area contributed by atoms with Gasteiger partial charge in [-0.1, -0.05) is 26.0 Å². The van der Waals surface area contributed by atoms with Gasteiger partial charge in [0.05, 0.1) is 64.5 Å². The molecule has 1 saturated heterocycles. The summed E-state index contributed by atoms with van der Waals surface area (Å²) in [4.78, 5) is 38.5. The third-order valence-corrected chi connectivity index (χ3v) is 9.15. The number of allylic oxidation sites excluding steroid dienone is 3. The standard InChI is InChI=1S/C31H29N9O2S/c1-19-25(10-21(12-33-19)36-28(41)18-38-16-24-26(38)7-4-8-31(24,2)3)37-29(42)23-14-35-40-17-27(43-30(23)40)20-11-34-39(15-20)22-6-5-9-32-13-22/h4-15,17,24H,16,18H2,1-3H3,(H,36,41)(H,37,42). The number of fused-ring (bicyclic) bond motifs is 2. The number of nitrogens with zero attached hydrogens (tertiary/aromatic N) is 7. The van der Waals surface area contributed by atoms with Crippen LogP contribution in [0.5, 0.6) is 0 Å². The molecular formula is C31H29N9O2S. The normalized spacial score (nSPS) is 16.9. The molecule has 0 aromatic carbocycles. The Morgan fingerprint density at radius 2 is 2.00 bits per heavy atom. The van der Waals surface area contributed by atoms with E-state index >= 15 is 0 Å². The minimum absolute atomic E-state index is 0.0978. The van der Waals surface area contributed by atoms with Crippen LogP contribution in [0.2, 0.25) is 0 Å². The zero-order valence-corrected chi connectivity index (χ0v) is 24.7. The lowest BCUT2D eigenvalue weighted by atomic mass is 9.69. The number of hydrogen-bond donors (Lipinski definition) is 2. The Balaban J connectivity index is 1.03. The number of aryl methyl sites for hydroxylation is 1. The number of aromatic nitrogens is 6. The highest BCUT2D eigenvalue weighted by molar-refractivity contribution is 7.21. The Bertz CT molecular complexity index is 1930. The topological polar surface area (TPSA) is 122 Å². The summed E-state index contributed by atoms with van der Waals surface area (Å²) >= 11 is 1.45. The molecule has 1 atom stereocenters. The van der Waals surface area contributed by atoms with Gasteiger partial charge in [-0.2, -0.15) is 10.2 Å². The highest BCUT2D eigenvalue weighted by atomic mass is 32.1. The van der Waals surface area contributed by atoms with Crippen molar-refractivity contribution in [2.24, 2.45) is 11.3 Å². The molecule has 6 heterocycles. The van der Waals surface area contributed by atoms with Gasteiger partial charge in [0, 0.05) is 42.3 Å². The van der Waals surface area contributed by atoms with E-state index < -0.39 is 0 Å². The number of hydrogen-bond acceptors (Lipinski definition) is 8. The molecule has 12 heteroatoms. The minimum Gasteiger partial charge on any atom is -0.364 e. The second-order valence-corrected chi connectivity index (χ2v) is 12.4. The van der Waals surface area contributed by atoms with Crippen molar-refractivity contribution in [1.82, 2.24) is 34.3 Å². The van der Waals surface area contributed by atoms with Gasteiger partial charge >= 0.3 is 0 Å². The number of thiazole rings is 1. The van der Waals surface area contributed by atoms with E-state index in [1.807, 2.05) is 31.5 Å². The average Bonchev–Trinajstić information content (AvgIpc) is 3.71. The fourth-order valence-electron chi connectivity index (χ4n) is 5.48. The van der Waals surface area contributed by atoms with E-state index in [-0.39, 0.29) is 23.8 Å². The third kappa shape index (κ3) is 4.99. The minimum atomic E-state index is -0.311. The van der Waals surface area contributed by atoms with Gasteiger partial charge in [-0.15, -0.1) is 11.3 Å². The van der Waals surface area contributed by atoms with E-state index in [0.717, 1.165) is 22.7 Å². The van der Waals surface area contributed by atoms with Gasteiger partial charge in [0.2, 0.25) is 5.91 Å². The number of nitrogens with one attached hydrogen (secondary N) is 2. The van der Waals surface area contributed by atoms with Crippen LogP contribution in [-0.4, -0.2) is 59.2 Å². The molecular weight excluding hydrogens is 562 g/mol. The molecule has 1 aliphatic carbocycles. The molecule has 5 aromatic heterocycles.